The van der Waals surface area contributed by atoms with Crippen molar-refractivity contribution in [2.75, 3.05) is 32.5 Å². The fourth-order valence-electron chi connectivity index (χ4n) is 2.87. The molecule has 1 N–H and O–H groups in total. The average Bonchev–Trinajstić information content (AvgIpc) is 2.70. The Morgan fingerprint density at radius 3 is 2.13 bits per heavy atom. The van der Waals surface area contributed by atoms with E-state index in [1.54, 1.807) is 32.9 Å². The van der Waals surface area contributed by atoms with Crippen LogP contribution in [-0.2, 0) is 20.0 Å². The van der Waals surface area contributed by atoms with E-state index in [9.17, 15) is 21.6 Å². The first-order valence-electron chi connectivity index (χ1n) is 9.39. The number of benzene rings is 2. The molecule has 30 heavy (non-hydrogen) atoms. The minimum absolute atomic E-state index is 0.0265. The number of carbonyl (C=O) groups excluding carboxylic acids is 1. The summed E-state index contributed by atoms with van der Waals surface area (Å²) in [6, 6.07) is 10.3. The number of sulfonamides is 2. The van der Waals surface area contributed by atoms with Crippen LogP contribution in [0.2, 0.25) is 0 Å². The summed E-state index contributed by atoms with van der Waals surface area (Å²) in [7, 11) is -4.51. The lowest BCUT2D eigenvalue weighted by Gasteiger charge is -2.18. The number of nitrogens with zero attached hydrogens (tertiary/aromatic N) is 2. The Morgan fingerprint density at radius 1 is 0.933 bits per heavy atom. The molecule has 2 aromatic carbocycles. The SMILES string of the molecule is CCN(CC)S(=O)(=O)c1cccc(C(=O)Nc2ccc(C)c(S(=O)(=O)N(C)C)c2)c1. The van der Waals surface area contributed by atoms with Crippen LogP contribution in [0.5, 0.6) is 0 Å². The van der Waals surface area contributed by atoms with Gasteiger partial charge in [-0.3, -0.25) is 4.79 Å². The summed E-state index contributed by atoms with van der Waals surface area (Å²) in [4.78, 5) is 12.8. The molecule has 0 heterocycles. The fraction of sp³-hybridized carbons (Fsp3) is 0.350. The van der Waals surface area contributed by atoms with E-state index >= 15 is 0 Å². The van der Waals surface area contributed by atoms with Crippen molar-refractivity contribution in [2.24, 2.45) is 0 Å². The molecule has 0 aromatic heterocycles. The van der Waals surface area contributed by atoms with Crippen LogP contribution in [0.3, 0.4) is 0 Å². The molecular formula is C20H27N3O5S2. The molecule has 10 heteroatoms. The first kappa shape index (κ1) is 24.0. The maximum absolute atomic E-state index is 12.7. The van der Waals surface area contributed by atoms with E-state index < -0.39 is 26.0 Å². The molecule has 0 atom stereocenters. The maximum atomic E-state index is 12.7. The van der Waals surface area contributed by atoms with E-state index in [0.29, 0.717) is 24.3 Å². The summed E-state index contributed by atoms with van der Waals surface area (Å²) in [6.07, 6.45) is 0. The van der Waals surface area contributed by atoms with E-state index in [-0.39, 0.29) is 15.4 Å². The molecule has 0 spiro atoms. The zero-order chi connectivity index (χ0) is 22.7. The van der Waals surface area contributed by atoms with Crippen molar-refractivity contribution >= 4 is 31.6 Å². The zero-order valence-corrected chi connectivity index (χ0v) is 19.3. The molecule has 0 saturated heterocycles. The highest BCUT2D eigenvalue weighted by molar-refractivity contribution is 7.89. The van der Waals surface area contributed by atoms with E-state index in [2.05, 4.69) is 5.32 Å². The van der Waals surface area contributed by atoms with Crippen LogP contribution < -0.4 is 5.32 Å². The van der Waals surface area contributed by atoms with Gasteiger partial charge in [0.2, 0.25) is 20.0 Å². The predicted molar refractivity (Wildman–Crippen MR) is 117 cm³/mol. The molecule has 0 saturated carbocycles. The molecule has 0 fully saturated rings. The summed E-state index contributed by atoms with van der Waals surface area (Å²) in [5, 5.41) is 2.64. The lowest BCUT2D eigenvalue weighted by Crippen LogP contribution is -2.30. The Labute approximate surface area is 178 Å². The third-order valence-corrected chi connectivity index (χ3v) is 8.65. The number of hydrogen-bond acceptors (Lipinski definition) is 5. The number of carbonyl (C=O) groups is 1. The van der Waals surface area contributed by atoms with Gasteiger partial charge in [-0.2, -0.15) is 4.31 Å². The number of nitrogens with one attached hydrogen (secondary N) is 1. The Bertz CT molecular complexity index is 1140. The average molecular weight is 454 g/mol. The van der Waals surface area contributed by atoms with Gasteiger partial charge < -0.3 is 5.32 Å². The first-order chi connectivity index (χ1) is 13.9. The molecule has 164 valence electrons. The second-order valence-electron chi connectivity index (χ2n) is 6.84. The third-order valence-electron chi connectivity index (χ3n) is 4.64. The van der Waals surface area contributed by atoms with Gasteiger partial charge in [-0.25, -0.2) is 21.1 Å². The molecule has 2 rings (SSSR count). The van der Waals surface area contributed by atoms with Crippen LogP contribution in [0.15, 0.2) is 52.3 Å². The van der Waals surface area contributed by atoms with Gasteiger partial charge in [0.25, 0.3) is 5.91 Å². The largest absolute Gasteiger partial charge is 0.322 e. The molecule has 2 aromatic rings. The van der Waals surface area contributed by atoms with Crippen LogP contribution in [0.1, 0.15) is 29.8 Å². The number of amides is 1. The molecule has 0 aliphatic rings. The minimum Gasteiger partial charge on any atom is -0.322 e. The standard InChI is InChI=1S/C20H27N3O5S2/c1-6-23(7-2)29(25,26)18-10-8-9-16(13-18)20(24)21-17-12-11-15(3)19(14-17)30(27,28)22(4)5/h8-14H,6-7H2,1-5H3,(H,21,24). The normalized spacial score (nSPS) is 12.4. The Kier molecular flexibility index (Phi) is 7.40. The molecule has 0 aliphatic carbocycles. The van der Waals surface area contributed by atoms with Crippen molar-refractivity contribution < 1.29 is 21.6 Å². The van der Waals surface area contributed by atoms with Gasteiger partial charge >= 0.3 is 0 Å². The number of aryl methyl sites for hydroxylation is 1. The van der Waals surface area contributed by atoms with Crippen LogP contribution in [0, 0.1) is 6.92 Å². The van der Waals surface area contributed by atoms with Crippen molar-refractivity contribution in [3.8, 4) is 0 Å². The topological polar surface area (TPSA) is 104 Å². The van der Waals surface area contributed by atoms with Gasteiger partial charge in [0.05, 0.1) is 9.79 Å². The molecule has 8 nitrogen and oxygen atoms in total. The van der Waals surface area contributed by atoms with E-state index in [4.69, 9.17) is 0 Å². The van der Waals surface area contributed by atoms with Crippen LogP contribution >= 0.6 is 0 Å². The lowest BCUT2D eigenvalue weighted by atomic mass is 10.2. The van der Waals surface area contributed by atoms with Crippen molar-refractivity contribution in [1.29, 1.82) is 0 Å². The van der Waals surface area contributed by atoms with Crippen LogP contribution in [-0.4, -0.2) is 58.5 Å². The van der Waals surface area contributed by atoms with Gasteiger partial charge in [-0.05, 0) is 42.8 Å². The van der Waals surface area contributed by atoms with Gasteiger partial charge in [0.1, 0.15) is 0 Å². The number of hydrogen-bond donors (Lipinski definition) is 1. The quantitative estimate of drug-likeness (QED) is 0.661. The molecule has 0 unspecified atom stereocenters. The second-order valence-corrected chi connectivity index (χ2v) is 10.9. The van der Waals surface area contributed by atoms with Crippen LogP contribution in [0.4, 0.5) is 5.69 Å². The third kappa shape index (κ3) is 4.89. The van der Waals surface area contributed by atoms with E-state index in [1.807, 2.05) is 0 Å². The Balaban J connectivity index is 2.36. The predicted octanol–water partition coefficient (Wildman–Crippen LogP) is 2.53. The van der Waals surface area contributed by atoms with E-state index in [1.165, 1.54) is 48.7 Å². The van der Waals surface area contributed by atoms with Gasteiger partial charge in [0.15, 0.2) is 0 Å². The van der Waals surface area contributed by atoms with Gasteiger partial charge in [-0.1, -0.05) is 26.0 Å². The summed E-state index contributed by atoms with van der Waals surface area (Å²) in [6.45, 7) is 5.80. The van der Waals surface area contributed by atoms with Gasteiger partial charge in [0, 0.05) is 38.4 Å². The Hall–Kier alpha value is -2.27. The molecular weight excluding hydrogens is 426 g/mol. The van der Waals surface area contributed by atoms with Crippen LogP contribution in [0.25, 0.3) is 0 Å². The molecule has 1 amide bonds. The van der Waals surface area contributed by atoms with Crippen molar-refractivity contribution in [1.82, 2.24) is 8.61 Å². The first-order valence-corrected chi connectivity index (χ1v) is 12.3. The maximum Gasteiger partial charge on any atom is 0.255 e. The summed E-state index contributed by atoms with van der Waals surface area (Å²) < 4.78 is 52.8. The lowest BCUT2D eigenvalue weighted by molar-refractivity contribution is 0.102. The minimum atomic E-state index is -3.70. The molecule has 0 bridgehead atoms. The zero-order valence-electron chi connectivity index (χ0n) is 17.7. The smallest absolute Gasteiger partial charge is 0.255 e. The monoisotopic (exact) mass is 453 g/mol. The molecule has 0 aliphatic heterocycles. The van der Waals surface area contributed by atoms with E-state index in [0.717, 1.165) is 4.31 Å². The van der Waals surface area contributed by atoms with Crippen molar-refractivity contribution in [3.63, 3.8) is 0 Å². The number of rotatable bonds is 8. The summed E-state index contributed by atoms with van der Waals surface area (Å²) in [5.74, 6) is -0.538. The summed E-state index contributed by atoms with van der Waals surface area (Å²) in [5.41, 5.74) is 0.998. The molecule has 0 radical (unpaired) electrons. The second kappa shape index (κ2) is 9.25. The van der Waals surface area contributed by atoms with Crippen molar-refractivity contribution in [2.45, 2.75) is 30.6 Å². The Morgan fingerprint density at radius 2 is 1.57 bits per heavy atom. The highest BCUT2D eigenvalue weighted by Crippen LogP contribution is 2.23. The van der Waals surface area contributed by atoms with Gasteiger partial charge in [-0.15, -0.1) is 0 Å². The number of anilines is 1. The highest BCUT2D eigenvalue weighted by Gasteiger charge is 2.23. The van der Waals surface area contributed by atoms with Crippen molar-refractivity contribution in [3.05, 3.63) is 53.6 Å². The highest BCUT2D eigenvalue weighted by atomic mass is 32.2. The fourth-order valence-corrected chi connectivity index (χ4v) is 5.51. The summed E-state index contributed by atoms with van der Waals surface area (Å²) >= 11 is 0.